The van der Waals surface area contributed by atoms with Crippen molar-refractivity contribution in [2.24, 2.45) is 0 Å². The molecule has 0 bridgehead atoms. The molecule has 0 aliphatic carbocycles. The Balaban J connectivity index is 1.86. The Kier molecular flexibility index (Phi) is 3.41. The smallest absolute Gasteiger partial charge is 0.189 e. The number of allylic oxidation sites excluding steroid dienone is 1. The third-order valence-corrected chi connectivity index (χ3v) is 3.60. The van der Waals surface area contributed by atoms with Crippen molar-refractivity contribution < 1.29 is 13.6 Å². The first kappa shape index (κ1) is 14.3. The zero-order valence-electron chi connectivity index (χ0n) is 12.1. The zero-order valence-corrected chi connectivity index (χ0v) is 12.1. The Morgan fingerprint density at radius 3 is 1.91 bits per heavy atom. The van der Waals surface area contributed by atoms with Crippen molar-refractivity contribution in [3.8, 4) is 0 Å². The molecule has 0 spiro atoms. The van der Waals surface area contributed by atoms with Crippen molar-refractivity contribution in [1.29, 1.82) is 0 Å². The van der Waals surface area contributed by atoms with E-state index in [1.807, 2.05) is 26.0 Å². The fraction of sp³-hybridized carbons (Fsp3) is 0.118. The van der Waals surface area contributed by atoms with Gasteiger partial charge in [-0.05, 0) is 49.2 Å². The summed E-state index contributed by atoms with van der Waals surface area (Å²) < 4.78 is 26.3. The molecule has 0 atom stereocenters. The monoisotopic (exact) mass is 300 g/mol. The van der Waals surface area contributed by atoms with Gasteiger partial charge < -0.3 is 10.6 Å². The summed E-state index contributed by atoms with van der Waals surface area (Å²) in [6.07, 6.45) is 1.29. The molecule has 1 aliphatic rings. The summed E-state index contributed by atoms with van der Waals surface area (Å²) in [7, 11) is 0. The molecule has 22 heavy (non-hydrogen) atoms. The van der Waals surface area contributed by atoms with Gasteiger partial charge in [-0.2, -0.15) is 0 Å². The number of aryl methyl sites for hydroxylation is 2. The molecule has 0 fully saturated rings. The number of halogens is 2. The van der Waals surface area contributed by atoms with E-state index in [9.17, 15) is 13.6 Å². The van der Waals surface area contributed by atoms with Crippen LogP contribution < -0.4 is 10.6 Å². The van der Waals surface area contributed by atoms with Crippen LogP contribution in [-0.4, -0.2) is 5.78 Å². The minimum Gasteiger partial charge on any atom is -0.340 e. The molecule has 3 nitrogen and oxygen atoms in total. The molecule has 5 heteroatoms. The first-order chi connectivity index (χ1) is 10.4. The van der Waals surface area contributed by atoms with Crippen LogP contribution in [0.4, 0.5) is 20.2 Å². The maximum atomic E-state index is 13.2. The zero-order chi connectivity index (χ0) is 15.9. The lowest BCUT2D eigenvalue weighted by atomic mass is 10.1. The SMILES string of the molecule is Cc1cc2c(cc1C)NC(=CC(=O)c1cc(F)cc(F)c1)N2. The van der Waals surface area contributed by atoms with Crippen LogP contribution >= 0.6 is 0 Å². The predicted molar refractivity (Wildman–Crippen MR) is 81.9 cm³/mol. The van der Waals surface area contributed by atoms with E-state index in [-0.39, 0.29) is 5.56 Å². The first-order valence-electron chi connectivity index (χ1n) is 6.80. The van der Waals surface area contributed by atoms with Gasteiger partial charge in [0, 0.05) is 17.7 Å². The summed E-state index contributed by atoms with van der Waals surface area (Å²) in [6.45, 7) is 4.00. The molecule has 2 aromatic carbocycles. The predicted octanol–water partition coefficient (Wildman–Crippen LogP) is 4.14. The molecule has 2 N–H and O–H groups in total. The average Bonchev–Trinajstić information content (AvgIpc) is 2.79. The van der Waals surface area contributed by atoms with Crippen LogP contribution in [0, 0.1) is 25.5 Å². The van der Waals surface area contributed by atoms with Crippen LogP contribution in [0.5, 0.6) is 0 Å². The number of hydrogen-bond acceptors (Lipinski definition) is 3. The Labute approximate surface area is 126 Å². The van der Waals surface area contributed by atoms with Crippen LogP contribution in [0.2, 0.25) is 0 Å². The maximum absolute atomic E-state index is 13.2. The Morgan fingerprint density at radius 2 is 1.41 bits per heavy atom. The minimum absolute atomic E-state index is 0.0306. The number of carbonyl (C=O) groups is 1. The lowest BCUT2D eigenvalue weighted by molar-refractivity contribution is 0.104. The number of fused-ring (bicyclic) bond motifs is 1. The van der Waals surface area contributed by atoms with Gasteiger partial charge in [0.25, 0.3) is 0 Å². The second-order valence-corrected chi connectivity index (χ2v) is 5.31. The van der Waals surface area contributed by atoms with E-state index in [4.69, 9.17) is 0 Å². The Hall–Kier alpha value is -2.69. The fourth-order valence-corrected chi connectivity index (χ4v) is 2.33. The van der Waals surface area contributed by atoms with Crippen molar-refractivity contribution in [3.63, 3.8) is 0 Å². The lowest BCUT2D eigenvalue weighted by Crippen LogP contribution is -2.05. The van der Waals surface area contributed by atoms with Gasteiger partial charge in [0.1, 0.15) is 17.5 Å². The highest BCUT2D eigenvalue weighted by atomic mass is 19.1. The largest absolute Gasteiger partial charge is 0.340 e. The van der Waals surface area contributed by atoms with Gasteiger partial charge in [-0.15, -0.1) is 0 Å². The van der Waals surface area contributed by atoms with Crippen LogP contribution in [-0.2, 0) is 0 Å². The summed E-state index contributed by atoms with van der Waals surface area (Å²) in [5.41, 5.74) is 3.97. The molecule has 3 rings (SSSR count). The number of hydrogen-bond donors (Lipinski definition) is 2. The summed E-state index contributed by atoms with van der Waals surface area (Å²) in [5, 5.41) is 6.15. The van der Waals surface area contributed by atoms with Crippen LogP contribution in [0.15, 0.2) is 42.2 Å². The molecule has 0 radical (unpaired) electrons. The molecule has 2 aromatic rings. The Morgan fingerprint density at radius 1 is 0.909 bits per heavy atom. The third kappa shape index (κ3) is 2.70. The number of rotatable bonds is 2. The number of ketones is 1. The van der Waals surface area contributed by atoms with E-state index in [0.29, 0.717) is 5.82 Å². The van der Waals surface area contributed by atoms with Crippen molar-refractivity contribution in [3.05, 3.63) is 70.6 Å². The van der Waals surface area contributed by atoms with E-state index in [2.05, 4.69) is 10.6 Å². The summed E-state index contributed by atoms with van der Waals surface area (Å²) in [6, 6.07) is 6.71. The van der Waals surface area contributed by atoms with Crippen LogP contribution in [0.25, 0.3) is 0 Å². The second kappa shape index (κ2) is 5.26. The highest BCUT2D eigenvalue weighted by Gasteiger charge is 2.17. The summed E-state index contributed by atoms with van der Waals surface area (Å²) in [4.78, 5) is 12.1. The van der Waals surface area contributed by atoms with Gasteiger partial charge in [-0.1, -0.05) is 0 Å². The van der Waals surface area contributed by atoms with E-state index in [1.165, 1.54) is 6.08 Å². The van der Waals surface area contributed by atoms with Gasteiger partial charge in [-0.3, -0.25) is 4.79 Å². The molecule has 0 saturated carbocycles. The van der Waals surface area contributed by atoms with E-state index >= 15 is 0 Å². The van der Waals surface area contributed by atoms with Gasteiger partial charge in [0.2, 0.25) is 0 Å². The standard InChI is InChI=1S/C17H14F2N2O/c1-9-3-14-15(4-10(9)2)21-17(20-14)8-16(22)11-5-12(18)7-13(19)6-11/h3-8,20-21H,1-2H3. The molecule has 1 heterocycles. The minimum atomic E-state index is -0.774. The molecule has 112 valence electrons. The van der Waals surface area contributed by atoms with Crippen molar-refractivity contribution in [1.82, 2.24) is 0 Å². The lowest BCUT2D eigenvalue weighted by Gasteiger charge is -2.02. The quantitative estimate of drug-likeness (QED) is 0.647. The molecule has 1 aliphatic heterocycles. The summed E-state index contributed by atoms with van der Waals surface area (Å²) in [5.74, 6) is -1.54. The van der Waals surface area contributed by atoms with Gasteiger partial charge in [0.05, 0.1) is 11.4 Å². The second-order valence-electron chi connectivity index (χ2n) is 5.31. The number of benzene rings is 2. The molecule has 0 amide bonds. The highest BCUT2D eigenvalue weighted by molar-refractivity contribution is 6.06. The van der Waals surface area contributed by atoms with Gasteiger partial charge >= 0.3 is 0 Å². The van der Waals surface area contributed by atoms with E-state index in [1.54, 1.807) is 0 Å². The van der Waals surface area contributed by atoms with E-state index < -0.39 is 17.4 Å². The van der Waals surface area contributed by atoms with Gasteiger partial charge in [-0.25, -0.2) is 8.78 Å². The number of nitrogens with one attached hydrogen (secondary N) is 2. The molecule has 0 aromatic heterocycles. The molecular weight excluding hydrogens is 286 g/mol. The van der Waals surface area contributed by atoms with Crippen molar-refractivity contribution in [2.75, 3.05) is 10.6 Å². The van der Waals surface area contributed by atoms with E-state index in [0.717, 1.165) is 40.7 Å². The Bertz CT molecular complexity index is 759. The van der Waals surface area contributed by atoms with Gasteiger partial charge in [0.15, 0.2) is 5.78 Å². The molecular formula is C17H14F2N2O. The first-order valence-corrected chi connectivity index (χ1v) is 6.80. The average molecular weight is 300 g/mol. The van der Waals surface area contributed by atoms with Crippen LogP contribution in [0.3, 0.4) is 0 Å². The molecule has 0 saturated heterocycles. The molecule has 0 unspecified atom stereocenters. The number of carbonyl (C=O) groups excluding carboxylic acids is 1. The van der Waals surface area contributed by atoms with Crippen molar-refractivity contribution >= 4 is 17.2 Å². The highest BCUT2D eigenvalue weighted by Crippen LogP contribution is 2.33. The number of anilines is 2. The fourth-order valence-electron chi connectivity index (χ4n) is 2.33. The third-order valence-electron chi connectivity index (χ3n) is 3.60. The summed E-state index contributed by atoms with van der Waals surface area (Å²) >= 11 is 0. The maximum Gasteiger partial charge on any atom is 0.189 e. The normalized spacial score (nSPS) is 12.5. The topological polar surface area (TPSA) is 41.1 Å². The van der Waals surface area contributed by atoms with Crippen LogP contribution in [0.1, 0.15) is 21.5 Å². The van der Waals surface area contributed by atoms with Crippen molar-refractivity contribution in [2.45, 2.75) is 13.8 Å².